The Labute approximate surface area is 114 Å². The van der Waals surface area contributed by atoms with E-state index in [9.17, 15) is 0 Å². The van der Waals surface area contributed by atoms with Gasteiger partial charge in [0.15, 0.2) is 0 Å². The van der Waals surface area contributed by atoms with E-state index in [1.165, 1.54) is 42.3 Å². The van der Waals surface area contributed by atoms with E-state index in [4.69, 9.17) is 5.73 Å². The number of aromatic nitrogens is 2. The van der Waals surface area contributed by atoms with E-state index in [2.05, 4.69) is 35.5 Å². The zero-order valence-electron chi connectivity index (χ0n) is 11.9. The number of benzene rings is 1. The molecule has 1 aromatic heterocycles. The normalized spacial score (nSPS) is 15.1. The van der Waals surface area contributed by atoms with Crippen LogP contribution in [0.15, 0.2) is 12.1 Å². The van der Waals surface area contributed by atoms with Crippen molar-refractivity contribution in [3.05, 3.63) is 23.3 Å². The number of rotatable bonds is 3. The first kappa shape index (κ1) is 12.5. The maximum atomic E-state index is 6.09. The molecule has 3 nitrogen and oxygen atoms in total. The smallest absolute Gasteiger partial charge is 0.201 e. The van der Waals surface area contributed by atoms with E-state index < -0.39 is 0 Å². The second-order valence-corrected chi connectivity index (χ2v) is 6.12. The largest absolute Gasteiger partial charge is 0.369 e. The number of nitrogens with zero attached hydrogens (tertiary/aromatic N) is 2. The number of hydrogen-bond acceptors (Lipinski definition) is 2. The van der Waals surface area contributed by atoms with Crippen LogP contribution in [0.5, 0.6) is 0 Å². The predicted molar refractivity (Wildman–Crippen MR) is 80.2 cm³/mol. The molecule has 0 aliphatic heterocycles. The van der Waals surface area contributed by atoms with Crippen LogP contribution in [0.3, 0.4) is 0 Å². The topological polar surface area (TPSA) is 43.8 Å². The minimum atomic E-state index is 0.665. The van der Waals surface area contributed by atoms with Crippen LogP contribution >= 0.6 is 0 Å². The minimum Gasteiger partial charge on any atom is -0.369 e. The Hall–Kier alpha value is -1.51. The predicted octanol–water partition coefficient (Wildman–Crippen LogP) is 3.54. The number of nitrogens with two attached hydrogens (primary N) is 1. The van der Waals surface area contributed by atoms with Crippen molar-refractivity contribution in [2.24, 2.45) is 5.92 Å². The molecule has 0 unspecified atom stereocenters. The Morgan fingerprint density at radius 2 is 1.89 bits per heavy atom. The zero-order valence-corrected chi connectivity index (χ0v) is 11.9. The summed E-state index contributed by atoms with van der Waals surface area (Å²) in [5.74, 6) is 1.35. The number of imidazole rings is 1. The van der Waals surface area contributed by atoms with E-state index >= 15 is 0 Å². The van der Waals surface area contributed by atoms with Crippen LogP contribution in [0.1, 0.15) is 44.2 Å². The van der Waals surface area contributed by atoms with Crippen molar-refractivity contribution < 1.29 is 0 Å². The molecular weight excluding hydrogens is 234 g/mol. The van der Waals surface area contributed by atoms with Gasteiger partial charge in [0, 0.05) is 6.54 Å². The molecule has 0 atom stereocenters. The van der Waals surface area contributed by atoms with Crippen molar-refractivity contribution in [2.45, 2.75) is 52.5 Å². The van der Waals surface area contributed by atoms with Gasteiger partial charge in [0.2, 0.25) is 5.95 Å². The fourth-order valence-corrected chi connectivity index (χ4v) is 2.99. The molecule has 1 heterocycles. The van der Waals surface area contributed by atoms with Gasteiger partial charge in [-0.25, -0.2) is 4.98 Å². The second-order valence-electron chi connectivity index (χ2n) is 6.12. The third kappa shape index (κ3) is 2.34. The summed E-state index contributed by atoms with van der Waals surface area (Å²) in [6.07, 6.45) is 6.17. The van der Waals surface area contributed by atoms with Crippen molar-refractivity contribution >= 4 is 17.0 Å². The van der Waals surface area contributed by atoms with E-state index in [1.807, 2.05) is 0 Å². The maximum absolute atomic E-state index is 6.09. The first-order valence-corrected chi connectivity index (χ1v) is 7.42. The first-order valence-electron chi connectivity index (χ1n) is 7.42. The first-order chi connectivity index (χ1) is 9.15. The van der Waals surface area contributed by atoms with Crippen molar-refractivity contribution in [1.82, 2.24) is 9.55 Å². The van der Waals surface area contributed by atoms with Gasteiger partial charge in [0.1, 0.15) is 0 Å². The maximum Gasteiger partial charge on any atom is 0.201 e. The summed E-state index contributed by atoms with van der Waals surface area (Å²) in [7, 11) is 0. The van der Waals surface area contributed by atoms with Gasteiger partial charge in [0.05, 0.1) is 11.0 Å². The van der Waals surface area contributed by atoms with Crippen molar-refractivity contribution in [1.29, 1.82) is 0 Å². The third-order valence-electron chi connectivity index (χ3n) is 4.17. The molecule has 1 aromatic carbocycles. The Morgan fingerprint density at radius 3 is 2.58 bits per heavy atom. The van der Waals surface area contributed by atoms with Crippen LogP contribution in [0.2, 0.25) is 0 Å². The summed E-state index contributed by atoms with van der Waals surface area (Å²) >= 11 is 0. The summed E-state index contributed by atoms with van der Waals surface area (Å²) in [6, 6.07) is 4.58. The molecule has 0 saturated carbocycles. The molecule has 1 aliphatic carbocycles. The Bertz CT molecular complexity index is 596. The van der Waals surface area contributed by atoms with E-state index in [1.54, 1.807) is 0 Å². The van der Waals surface area contributed by atoms with Crippen molar-refractivity contribution in [3.8, 4) is 0 Å². The standard InChI is InChI=1S/C16H23N3/c1-11(2)7-8-19-15-10-13-6-4-3-5-12(13)9-14(15)18-16(19)17/h9-11H,3-8H2,1-2H3,(H2,17,18). The van der Waals surface area contributed by atoms with Crippen molar-refractivity contribution in [3.63, 3.8) is 0 Å². The highest BCUT2D eigenvalue weighted by Gasteiger charge is 2.15. The van der Waals surface area contributed by atoms with Gasteiger partial charge in [0.25, 0.3) is 0 Å². The lowest BCUT2D eigenvalue weighted by molar-refractivity contribution is 0.526. The molecular formula is C16H23N3. The van der Waals surface area contributed by atoms with Crippen molar-refractivity contribution in [2.75, 3.05) is 5.73 Å². The number of anilines is 1. The molecule has 102 valence electrons. The van der Waals surface area contributed by atoms with Gasteiger partial charge in [-0.3, -0.25) is 0 Å². The van der Waals surface area contributed by atoms with Gasteiger partial charge >= 0.3 is 0 Å². The molecule has 2 N–H and O–H groups in total. The Morgan fingerprint density at radius 1 is 1.21 bits per heavy atom. The van der Waals surface area contributed by atoms with Gasteiger partial charge in [-0.1, -0.05) is 13.8 Å². The van der Waals surface area contributed by atoms with Crippen LogP contribution in [0, 0.1) is 5.92 Å². The molecule has 0 saturated heterocycles. The Balaban J connectivity index is 2.04. The molecule has 0 spiro atoms. The number of aryl methyl sites for hydroxylation is 3. The number of nitrogen functional groups attached to an aromatic ring is 1. The lowest BCUT2D eigenvalue weighted by Gasteiger charge is -2.16. The monoisotopic (exact) mass is 257 g/mol. The van der Waals surface area contributed by atoms with Crippen LogP contribution in [-0.2, 0) is 19.4 Å². The fraction of sp³-hybridized carbons (Fsp3) is 0.562. The molecule has 3 heteroatoms. The highest BCUT2D eigenvalue weighted by Crippen LogP contribution is 2.28. The summed E-state index contributed by atoms with van der Waals surface area (Å²) in [4.78, 5) is 4.54. The van der Waals surface area contributed by atoms with Gasteiger partial charge in [-0.2, -0.15) is 0 Å². The summed E-state index contributed by atoms with van der Waals surface area (Å²) in [5, 5.41) is 0. The average molecular weight is 257 g/mol. The number of fused-ring (bicyclic) bond motifs is 2. The third-order valence-corrected chi connectivity index (χ3v) is 4.17. The van der Waals surface area contributed by atoms with E-state index in [0.717, 1.165) is 18.5 Å². The minimum absolute atomic E-state index is 0.665. The van der Waals surface area contributed by atoms with Crippen LogP contribution in [0.25, 0.3) is 11.0 Å². The molecule has 1 aliphatic rings. The SMILES string of the molecule is CC(C)CCn1c(N)nc2cc3c(cc21)CCCC3. The molecule has 2 aromatic rings. The molecule has 3 rings (SSSR count). The highest BCUT2D eigenvalue weighted by molar-refractivity contribution is 5.80. The quantitative estimate of drug-likeness (QED) is 0.914. The second kappa shape index (κ2) is 4.87. The lowest BCUT2D eigenvalue weighted by atomic mass is 9.91. The average Bonchev–Trinajstić information content (AvgIpc) is 2.68. The highest BCUT2D eigenvalue weighted by atomic mass is 15.1. The summed E-state index contributed by atoms with van der Waals surface area (Å²) in [6.45, 7) is 5.47. The summed E-state index contributed by atoms with van der Waals surface area (Å²) in [5.41, 5.74) is 11.4. The Kier molecular flexibility index (Phi) is 3.21. The summed E-state index contributed by atoms with van der Waals surface area (Å²) < 4.78 is 2.18. The van der Waals surface area contributed by atoms with Crippen LogP contribution in [0.4, 0.5) is 5.95 Å². The van der Waals surface area contributed by atoms with Gasteiger partial charge < -0.3 is 10.3 Å². The van der Waals surface area contributed by atoms with Crippen LogP contribution in [-0.4, -0.2) is 9.55 Å². The molecule has 0 amide bonds. The molecule has 19 heavy (non-hydrogen) atoms. The molecule has 0 fully saturated rings. The van der Waals surface area contributed by atoms with Crippen LogP contribution < -0.4 is 5.73 Å². The van der Waals surface area contributed by atoms with E-state index in [0.29, 0.717) is 11.9 Å². The molecule has 0 bridgehead atoms. The number of hydrogen-bond donors (Lipinski definition) is 1. The van der Waals surface area contributed by atoms with Gasteiger partial charge in [-0.05, 0) is 61.3 Å². The molecule has 0 radical (unpaired) electrons. The lowest BCUT2D eigenvalue weighted by Crippen LogP contribution is -2.06. The van der Waals surface area contributed by atoms with Gasteiger partial charge in [-0.15, -0.1) is 0 Å². The fourth-order valence-electron chi connectivity index (χ4n) is 2.99. The van der Waals surface area contributed by atoms with E-state index in [-0.39, 0.29) is 0 Å². The zero-order chi connectivity index (χ0) is 13.4.